The standard InChI is InChI=1S/C10H9ClN2O2/c1-13-4-7(11)6-2-5(10(14)15)3-8(12)9(6)13/h2-4H,12H2,1H3,(H,14,15). The zero-order valence-electron chi connectivity index (χ0n) is 7.99. The lowest BCUT2D eigenvalue weighted by Crippen LogP contribution is -1.99. The average molecular weight is 225 g/mol. The summed E-state index contributed by atoms with van der Waals surface area (Å²) in [5.41, 5.74) is 7.08. The van der Waals surface area contributed by atoms with Crippen LogP contribution in [0.5, 0.6) is 0 Å². The van der Waals surface area contributed by atoms with Crippen molar-refractivity contribution in [3.63, 3.8) is 0 Å². The topological polar surface area (TPSA) is 68.2 Å². The van der Waals surface area contributed by atoms with E-state index in [-0.39, 0.29) is 5.56 Å². The fourth-order valence-electron chi connectivity index (χ4n) is 1.66. The molecule has 0 radical (unpaired) electrons. The third kappa shape index (κ3) is 1.43. The number of nitrogens with two attached hydrogens (primary N) is 1. The van der Waals surface area contributed by atoms with E-state index >= 15 is 0 Å². The van der Waals surface area contributed by atoms with E-state index in [1.807, 2.05) is 7.05 Å². The third-order valence-corrected chi connectivity index (χ3v) is 2.60. The summed E-state index contributed by atoms with van der Waals surface area (Å²) in [6.07, 6.45) is 1.70. The van der Waals surface area contributed by atoms with E-state index in [1.54, 1.807) is 10.8 Å². The maximum Gasteiger partial charge on any atom is 0.335 e. The molecule has 4 nitrogen and oxygen atoms in total. The minimum Gasteiger partial charge on any atom is -0.478 e. The van der Waals surface area contributed by atoms with Crippen LogP contribution in [0.25, 0.3) is 10.9 Å². The Kier molecular flexibility index (Phi) is 2.08. The molecule has 0 bridgehead atoms. The first-order valence-corrected chi connectivity index (χ1v) is 4.66. The molecule has 5 heteroatoms. The lowest BCUT2D eigenvalue weighted by Gasteiger charge is -2.02. The van der Waals surface area contributed by atoms with E-state index in [0.717, 1.165) is 5.52 Å². The molecule has 0 unspecified atom stereocenters. The normalized spacial score (nSPS) is 10.8. The number of nitrogen functional groups attached to an aromatic ring is 1. The van der Waals surface area contributed by atoms with Crippen molar-refractivity contribution in [3.05, 3.63) is 28.9 Å². The van der Waals surface area contributed by atoms with Crippen molar-refractivity contribution in [2.24, 2.45) is 7.05 Å². The minimum absolute atomic E-state index is 0.146. The van der Waals surface area contributed by atoms with Crippen LogP contribution >= 0.6 is 11.6 Å². The van der Waals surface area contributed by atoms with E-state index in [9.17, 15) is 4.79 Å². The van der Waals surface area contributed by atoms with Crippen LogP contribution in [0, 0.1) is 0 Å². The predicted molar refractivity (Wildman–Crippen MR) is 59.3 cm³/mol. The number of aryl methyl sites for hydroxylation is 1. The number of rotatable bonds is 1. The average Bonchev–Trinajstić information content (AvgIpc) is 2.42. The largest absolute Gasteiger partial charge is 0.478 e. The van der Waals surface area contributed by atoms with Crippen molar-refractivity contribution < 1.29 is 9.90 Å². The SMILES string of the molecule is Cn1cc(Cl)c2cc(C(=O)O)cc(N)c21. The fraction of sp³-hybridized carbons (Fsp3) is 0.100. The van der Waals surface area contributed by atoms with Gasteiger partial charge in [0.05, 0.1) is 21.8 Å². The Bertz CT molecular complexity index is 560. The van der Waals surface area contributed by atoms with Crippen LogP contribution in [0.1, 0.15) is 10.4 Å². The molecule has 0 aliphatic carbocycles. The summed E-state index contributed by atoms with van der Waals surface area (Å²) < 4.78 is 1.78. The molecule has 15 heavy (non-hydrogen) atoms. The molecule has 0 spiro atoms. The van der Waals surface area contributed by atoms with Crippen LogP contribution in [-0.2, 0) is 7.05 Å². The number of nitrogens with zero attached hydrogens (tertiary/aromatic N) is 1. The van der Waals surface area contributed by atoms with Crippen molar-refractivity contribution in [3.8, 4) is 0 Å². The van der Waals surface area contributed by atoms with Gasteiger partial charge in [-0.05, 0) is 12.1 Å². The Hall–Kier alpha value is -1.68. The number of carboxylic acids is 1. The quantitative estimate of drug-likeness (QED) is 0.729. The summed E-state index contributed by atoms with van der Waals surface area (Å²) in [4.78, 5) is 10.8. The summed E-state index contributed by atoms with van der Waals surface area (Å²) in [7, 11) is 1.81. The van der Waals surface area contributed by atoms with Crippen LogP contribution in [0.2, 0.25) is 5.02 Å². The summed E-state index contributed by atoms with van der Waals surface area (Å²) in [6, 6.07) is 2.96. The van der Waals surface area contributed by atoms with Crippen LogP contribution in [0.4, 0.5) is 5.69 Å². The van der Waals surface area contributed by atoms with Gasteiger partial charge in [-0.1, -0.05) is 11.6 Å². The number of fused-ring (bicyclic) bond motifs is 1. The highest BCUT2D eigenvalue weighted by molar-refractivity contribution is 6.36. The van der Waals surface area contributed by atoms with Crippen molar-refractivity contribution in [1.29, 1.82) is 0 Å². The molecule has 78 valence electrons. The number of benzene rings is 1. The van der Waals surface area contributed by atoms with Gasteiger partial charge in [-0.25, -0.2) is 4.79 Å². The van der Waals surface area contributed by atoms with Crippen LogP contribution < -0.4 is 5.73 Å². The smallest absolute Gasteiger partial charge is 0.335 e. The van der Waals surface area contributed by atoms with Gasteiger partial charge in [-0.15, -0.1) is 0 Å². The molecule has 1 aromatic carbocycles. The predicted octanol–water partition coefficient (Wildman–Crippen LogP) is 2.11. The minimum atomic E-state index is -1.01. The lowest BCUT2D eigenvalue weighted by atomic mass is 10.1. The number of aromatic carboxylic acids is 1. The van der Waals surface area contributed by atoms with Gasteiger partial charge in [0.1, 0.15) is 0 Å². The molecule has 0 fully saturated rings. The number of carboxylic acid groups (broad SMARTS) is 1. The monoisotopic (exact) mass is 224 g/mol. The molecule has 1 aromatic heterocycles. The van der Waals surface area contributed by atoms with Gasteiger partial charge in [-0.3, -0.25) is 0 Å². The molecule has 0 amide bonds. The van der Waals surface area contributed by atoms with Gasteiger partial charge in [0.15, 0.2) is 0 Å². The first-order chi connectivity index (χ1) is 7.00. The molecular formula is C10H9ClN2O2. The summed E-state index contributed by atoms with van der Waals surface area (Å²) in [5.74, 6) is -1.01. The summed E-state index contributed by atoms with van der Waals surface area (Å²) in [6.45, 7) is 0. The second-order valence-corrected chi connectivity index (χ2v) is 3.76. The Morgan fingerprint density at radius 2 is 2.20 bits per heavy atom. The molecule has 1 heterocycles. The summed E-state index contributed by atoms with van der Waals surface area (Å²) >= 11 is 5.96. The lowest BCUT2D eigenvalue weighted by molar-refractivity contribution is 0.0697. The third-order valence-electron chi connectivity index (χ3n) is 2.30. The molecule has 0 saturated carbocycles. The zero-order valence-corrected chi connectivity index (χ0v) is 8.75. The molecule has 0 aliphatic heterocycles. The van der Waals surface area contributed by atoms with Crippen molar-refractivity contribution >= 4 is 34.2 Å². The highest BCUT2D eigenvalue weighted by Gasteiger charge is 2.12. The van der Waals surface area contributed by atoms with Gasteiger partial charge in [0.25, 0.3) is 0 Å². The van der Waals surface area contributed by atoms with E-state index in [0.29, 0.717) is 16.1 Å². The maximum atomic E-state index is 10.8. The van der Waals surface area contributed by atoms with E-state index in [2.05, 4.69) is 0 Å². The van der Waals surface area contributed by atoms with Crippen molar-refractivity contribution in [1.82, 2.24) is 4.57 Å². The Labute approximate surface area is 90.9 Å². The van der Waals surface area contributed by atoms with Gasteiger partial charge in [0.2, 0.25) is 0 Å². The molecular weight excluding hydrogens is 216 g/mol. The maximum absolute atomic E-state index is 10.8. The number of hydrogen-bond donors (Lipinski definition) is 2. The van der Waals surface area contributed by atoms with E-state index in [4.69, 9.17) is 22.4 Å². The number of carbonyl (C=O) groups is 1. The Balaban J connectivity index is 2.87. The fourth-order valence-corrected chi connectivity index (χ4v) is 1.95. The molecule has 3 N–H and O–H groups in total. The molecule has 2 rings (SSSR count). The highest BCUT2D eigenvalue weighted by atomic mass is 35.5. The zero-order chi connectivity index (χ0) is 11.2. The molecule has 2 aromatic rings. The van der Waals surface area contributed by atoms with E-state index in [1.165, 1.54) is 12.1 Å². The van der Waals surface area contributed by atoms with Gasteiger partial charge < -0.3 is 15.4 Å². The van der Waals surface area contributed by atoms with Crippen LogP contribution in [-0.4, -0.2) is 15.6 Å². The van der Waals surface area contributed by atoms with E-state index < -0.39 is 5.97 Å². The Morgan fingerprint density at radius 3 is 2.80 bits per heavy atom. The summed E-state index contributed by atoms with van der Waals surface area (Å²) in [5, 5.41) is 10.0. The number of halogens is 1. The van der Waals surface area contributed by atoms with Gasteiger partial charge >= 0.3 is 5.97 Å². The highest BCUT2D eigenvalue weighted by Crippen LogP contribution is 2.30. The Morgan fingerprint density at radius 1 is 1.53 bits per heavy atom. The van der Waals surface area contributed by atoms with Crippen LogP contribution in [0.15, 0.2) is 18.3 Å². The number of aromatic nitrogens is 1. The van der Waals surface area contributed by atoms with Crippen LogP contribution in [0.3, 0.4) is 0 Å². The molecule has 0 aliphatic rings. The second-order valence-electron chi connectivity index (χ2n) is 3.35. The van der Waals surface area contributed by atoms with Gasteiger partial charge in [0, 0.05) is 18.6 Å². The molecule has 0 atom stereocenters. The van der Waals surface area contributed by atoms with Crippen molar-refractivity contribution in [2.45, 2.75) is 0 Å². The van der Waals surface area contributed by atoms with Crippen molar-refractivity contribution in [2.75, 3.05) is 5.73 Å². The first kappa shape index (κ1) is 9.86. The second kappa shape index (κ2) is 3.17. The number of anilines is 1. The number of hydrogen-bond acceptors (Lipinski definition) is 2. The molecule has 0 saturated heterocycles. The first-order valence-electron chi connectivity index (χ1n) is 4.28. The van der Waals surface area contributed by atoms with Gasteiger partial charge in [-0.2, -0.15) is 0 Å².